The summed E-state index contributed by atoms with van der Waals surface area (Å²) in [5, 5.41) is 9.90. The van der Waals surface area contributed by atoms with Crippen LogP contribution >= 0.6 is 0 Å². The van der Waals surface area contributed by atoms with E-state index < -0.39 is 0 Å². The maximum atomic E-state index is 6.57. The van der Waals surface area contributed by atoms with Crippen LogP contribution in [0.15, 0.2) is 146 Å². The van der Waals surface area contributed by atoms with Crippen LogP contribution in [0.1, 0.15) is 0 Å². The van der Waals surface area contributed by atoms with Crippen molar-refractivity contribution in [2.75, 3.05) is 0 Å². The third kappa shape index (κ3) is 3.30. The maximum absolute atomic E-state index is 6.57. The molecule has 41 heavy (non-hydrogen) atoms. The van der Waals surface area contributed by atoms with E-state index in [4.69, 9.17) is 4.74 Å². The lowest BCUT2D eigenvalue weighted by molar-refractivity contribution is 0.487. The highest BCUT2D eigenvalue weighted by Gasteiger charge is 2.22. The highest BCUT2D eigenvalue weighted by Crippen LogP contribution is 2.49. The average Bonchev–Trinajstić information content (AvgIpc) is 3.03. The Morgan fingerprint density at radius 2 is 0.902 bits per heavy atom. The van der Waals surface area contributed by atoms with E-state index in [1.807, 2.05) is 0 Å². The molecule has 190 valence electrons. The van der Waals surface area contributed by atoms with Gasteiger partial charge in [-0.2, -0.15) is 0 Å². The lowest BCUT2D eigenvalue weighted by Gasteiger charge is -2.23. The second kappa shape index (κ2) is 8.55. The van der Waals surface area contributed by atoms with Crippen molar-refractivity contribution in [3.05, 3.63) is 146 Å². The van der Waals surface area contributed by atoms with Gasteiger partial charge in [-0.25, -0.2) is 0 Å². The van der Waals surface area contributed by atoms with Gasteiger partial charge in [0.1, 0.15) is 11.5 Å². The Kier molecular flexibility index (Phi) is 4.67. The molecule has 0 fully saturated rings. The first-order chi connectivity index (χ1) is 20.3. The van der Waals surface area contributed by atoms with E-state index in [2.05, 4.69) is 146 Å². The second-order valence-electron chi connectivity index (χ2n) is 10.9. The number of rotatable bonds is 2. The van der Waals surface area contributed by atoms with Crippen LogP contribution in [0, 0.1) is 0 Å². The molecule has 0 amide bonds. The first-order valence-electron chi connectivity index (χ1n) is 14.1. The molecule has 9 rings (SSSR count). The Morgan fingerprint density at radius 3 is 1.61 bits per heavy atom. The van der Waals surface area contributed by atoms with Gasteiger partial charge >= 0.3 is 0 Å². The first-order valence-corrected chi connectivity index (χ1v) is 14.1. The first kappa shape index (κ1) is 22.4. The number of hydrogen-bond donors (Lipinski definition) is 0. The van der Waals surface area contributed by atoms with Gasteiger partial charge in [0, 0.05) is 10.9 Å². The summed E-state index contributed by atoms with van der Waals surface area (Å²) in [6.07, 6.45) is 0. The molecule has 1 nitrogen and oxygen atoms in total. The monoisotopic (exact) mass is 520 g/mol. The van der Waals surface area contributed by atoms with Gasteiger partial charge in [0.05, 0.1) is 0 Å². The maximum Gasteiger partial charge on any atom is 0.135 e. The van der Waals surface area contributed by atoms with Gasteiger partial charge in [-0.15, -0.1) is 0 Å². The molecule has 0 N–H and O–H groups in total. The van der Waals surface area contributed by atoms with Crippen LogP contribution in [-0.4, -0.2) is 0 Å². The second-order valence-corrected chi connectivity index (χ2v) is 10.9. The smallest absolute Gasteiger partial charge is 0.135 e. The molecule has 0 radical (unpaired) electrons. The van der Waals surface area contributed by atoms with Gasteiger partial charge in [0.25, 0.3) is 0 Å². The van der Waals surface area contributed by atoms with Crippen LogP contribution in [0.25, 0.3) is 76.5 Å². The van der Waals surface area contributed by atoms with Crippen LogP contribution in [0.2, 0.25) is 0 Å². The third-order valence-corrected chi connectivity index (χ3v) is 8.62. The van der Waals surface area contributed by atoms with Crippen molar-refractivity contribution in [1.82, 2.24) is 0 Å². The van der Waals surface area contributed by atoms with Crippen molar-refractivity contribution >= 4 is 43.1 Å². The molecule has 1 aliphatic heterocycles. The van der Waals surface area contributed by atoms with E-state index in [-0.39, 0.29) is 0 Å². The van der Waals surface area contributed by atoms with Crippen LogP contribution in [-0.2, 0) is 0 Å². The van der Waals surface area contributed by atoms with Crippen LogP contribution in [0.4, 0.5) is 0 Å². The summed E-state index contributed by atoms with van der Waals surface area (Å²) in [5.74, 6) is 1.82. The molecule has 0 aromatic heterocycles. The van der Waals surface area contributed by atoms with Crippen molar-refractivity contribution < 1.29 is 4.74 Å². The number of benzene rings is 8. The lowest BCUT2D eigenvalue weighted by Crippen LogP contribution is -1.98. The standard InChI is InChI=1S/C40H24O/c1-2-10-27-23-28(20-19-25(27)9-1)38-32-13-3-5-15-34(32)39(35-16-6-4-14-33(35)38)29-21-22-30-31-17-7-11-26-12-8-18-36(40(26)31)41-37(30)24-29/h1-24H. The summed E-state index contributed by atoms with van der Waals surface area (Å²) >= 11 is 0. The average molecular weight is 521 g/mol. The Bertz CT molecular complexity index is 2280. The zero-order valence-electron chi connectivity index (χ0n) is 22.3. The Hall–Kier alpha value is -5.40. The largest absolute Gasteiger partial charge is 0.456 e. The van der Waals surface area contributed by atoms with Gasteiger partial charge in [-0.3, -0.25) is 0 Å². The fourth-order valence-corrected chi connectivity index (χ4v) is 6.81. The fourth-order valence-electron chi connectivity index (χ4n) is 6.81. The molecule has 1 heterocycles. The van der Waals surface area contributed by atoms with Crippen LogP contribution in [0.3, 0.4) is 0 Å². The highest BCUT2D eigenvalue weighted by atomic mass is 16.5. The minimum Gasteiger partial charge on any atom is -0.456 e. The molecule has 0 saturated heterocycles. The summed E-state index contributed by atoms with van der Waals surface area (Å²) in [6.45, 7) is 0. The molecule has 0 saturated carbocycles. The van der Waals surface area contributed by atoms with Gasteiger partial charge in [-0.05, 0) is 89.8 Å². The molecule has 1 aliphatic rings. The summed E-state index contributed by atoms with van der Waals surface area (Å²) in [4.78, 5) is 0. The quantitative estimate of drug-likeness (QED) is 0.206. The zero-order chi connectivity index (χ0) is 26.9. The van der Waals surface area contributed by atoms with Crippen molar-refractivity contribution in [2.45, 2.75) is 0 Å². The Balaban J connectivity index is 1.32. The van der Waals surface area contributed by atoms with Crippen LogP contribution in [0.5, 0.6) is 11.5 Å². The predicted molar refractivity (Wildman–Crippen MR) is 173 cm³/mol. The van der Waals surface area contributed by atoms with E-state index >= 15 is 0 Å². The Labute approximate surface area is 237 Å². The number of hydrogen-bond acceptors (Lipinski definition) is 1. The number of fused-ring (bicyclic) bond motifs is 5. The van der Waals surface area contributed by atoms with Gasteiger partial charge in [-0.1, -0.05) is 121 Å². The SMILES string of the molecule is c1ccc2cc(-c3c4ccccc4c(-c4ccc5c(c4)Oc4cccc6cccc-5c46)c4ccccc34)ccc2c1. The summed E-state index contributed by atoms with van der Waals surface area (Å²) in [6, 6.07) is 52.6. The topological polar surface area (TPSA) is 9.23 Å². The lowest BCUT2D eigenvalue weighted by atomic mass is 9.85. The van der Waals surface area contributed by atoms with Gasteiger partial charge in [0.2, 0.25) is 0 Å². The Morgan fingerprint density at radius 1 is 0.341 bits per heavy atom. The van der Waals surface area contributed by atoms with E-state index in [1.165, 1.54) is 65.3 Å². The van der Waals surface area contributed by atoms with Crippen molar-refractivity contribution in [3.63, 3.8) is 0 Å². The summed E-state index contributed by atoms with van der Waals surface area (Å²) in [5.41, 5.74) is 7.28. The minimum absolute atomic E-state index is 0.903. The zero-order valence-corrected chi connectivity index (χ0v) is 22.3. The van der Waals surface area contributed by atoms with Gasteiger partial charge in [0.15, 0.2) is 0 Å². The highest BCUT2D eigenvalue weighted by molar-refractivity contribution is 6.22. The van der Waals surface area contributed by atoms with Crippen LogP contribution < -0.4 is 4.74 Å². The molecular weight excluding hydrogens is 496 g/mol. The third-order valence-electron chi connectivity index (χ3n) is 8.62. The van der Waals surface area contributed by atoms with E-state index in [0.717, 1.165) is 22.6 Å². The van der Waals surface area contributed by atoms with E-state index in [0.29, 0.717) is 0 Å². The molecule has 1 heteroatoms. The van der Waals surface area contributed by atoms with Gasteiger partial charge < -0.3 is 4.74 Å². The predicted octanol–water partition coefficient (Wildman–Crippen LogP) is 11.4. The van der Waals surface area contributed by atoms with E-state index in [9.17, 15) is 0 Å². The molecule has 0 atom stereocenters. The summed E-state index contributed by atoms with van der Waals surface area (Å²) in [7, 11) is 0. The molecule has 8 aromatic rings. The number of ether oxygens (including phenoxy) is 1. The van der Waals surface area contributed by atoms with Crippen molar-refractivity contribution in [1.29, 1.82) is 0 Å². The normalized spacial score (nSPS) is 12.1. The molecule has 0 spiro atoms. The molecule has 0 bridgehead atoms. The minimum atomic E-state index is 0.903. The van der Waals surface area contributed by atoms with E-state index in [1.54, 1.807) is 0 Å². The molecule has 0 aliphatic carbocycles. The molecule has 8 aromatic carbocycles. The molecular formula is C40H24O. The fraction of sp³-hybridized carbons (Fsp3) is 0. The van der Waals surface area contributed by atoms with Crippen molar-refractivity contribution in [3.8, 4) is 44.9 Å². The summed E-state index contributed by atoms with van der Waals surface area (Å²) < 4.78 is 6.57. The van der Waals surface area contributed by atoms with Crippen molar-refractivity contribution in [2.24, 2.45) is 0 Å². The molecule has 0 unspecified atom stereocenters.